The van der Waals surface area contributed by atoms with E-state index in [1.807, 2.05) is 20.8 Å². The van der Waals surface area contributed by atoms with Crippen molar-refractivity contribution in [3.8, 4) is 5.75 Å². The van der Waals surface area contributed by atoms with E-state index >= 15 is 0 Å². The number of benzene rings is 1. The predicted octanol–water partition coefficient (Wildman–Crippen LogP) is 3.57. The quantitative estimate of drug-likeness (QED) is 0.931. The molecule has 21 heavy (non-hydrogen) atoms. The van der Waals surface area contributed by atoms with Crippen molar-refractivity contribution in [3.05, 3.63) is 40.9 Å². The van der Waals surface area contributed by atoms with Gasteiger partial charge in [0.15, 0.2) is 0 Å². The monoisotopic (exact) mass is 329 g/mol. The third-order valence-electron chi connectivity index (χ3n) is 2.95. The highest BCUT2D eigenvalue weighted by atomic mass is 35.5. The van der Waals surface area contributed by atoms with Crippen LogP contribution in [0.15, 0.2) is 30.9 Å². The summed E-state index contributed by atoms with van der Waals surface area (Å²) in [6.45, 7) is 5.74. The molecule has 5 nitrogen and oxygen atoms in total. The average Bonchev–Trinajstić information content (AvgIpc) is 2.86. The highest BCUT2D eigenvalue weighted by molar-refractivity contribution is 6.34. The molecule has 1 N–H and O–H groups in total. The highest BCUT2D eigenvalue weighted by Crippen LogP contribution is 2.32. The third kappa shape index (κ3) is 4.09. The summed E-state index contributed by atoms with van der Waals surface area (Å²) in [4.78, 5) is 3.89. The molecule has 7 heteroatoms. The highest BCUT2D eigenvalue weighted by Gasteiger charge is 2.34. The molecule has 0 saturated carbocycles. The Hall–Kier alpha value is -1.30. The molecule has 1 heterocycles. The Kier molecular flexibility index (Phi) is 4.76. The molecule has 2 unspecified atom stereocenters. The zero-order valence-corrected chi connectivity index (χ0v) is 13.5. The number of halogens is 2. The first-order valence-corrected chi connectivity index (χ1v) is 7.18. The number of rotatable bonds is 4. The normalized spacial score (nSPS) is 14.8. The first-order valence-electron chi connectivity index (χ1n) is 6.42. The van der Waals surface area contributed by atoms with Gasteiger partial charge in [-0.25, -0.2) is 9.67 Å². The zero-order chi connectivity index (χ0) is 15.6. The van der Waals surface area contributed by atoms with Crippen LogP contribution in [-0.4, -0.2) is 26.0 Å². The molecule has 0 saturated heterocycles. The summed E-state index contributed by atoms with van der Waals surface area (Å²) >= 11 is 11.9. The summed E-state index contributed by atoms with van der Waals surface area (Å²) in [5.74, 6) is 0.455. The van der Waals surface area contributed by atoms with Gasteiger partial charge in [0.05, 0.1) is 0 Å². The number of aromatic nitrogens is 3. The van der Waals surface area contributed by atoms with E-state index in [1.165, 1.54) is 17.3 Å². The summed E-state index contributed by atoms with van der Waals surface area (Å²) in [6, 6.07) is 4.88. The number of aliphatic hydroxyl groups is 1. The molecule has 0 aliphatic carbocycles. The first kappa shape index (κ1) is 16.1. The summed E-state index contributed by atoms with van der Waals surface area (Å²) in [5.41, 5.74) is -0.404. The van der Waals surface area contributed by atoms with Gasteiger partial charge < -0.3 is 9.84 Å². The maximum absolute atomic E-state index is 10.5. The van der Waals surface area contributed by atoms with Crippen molar-refractivity contribution in [2.24, 2.45) is 5.41 Å². The van der Waals surface area contributed by atoms with E-state index in [9.17, 15) is 5.11 Å². The van der Waals surface area contributed by atoms with Crippen LogP contribution in [0.3, 0.4) is 0 Å². The van der Waals surface area contributed by atoms with Crippen molar-refractivity contribution in [1.82, 2.24) is 14.8 Å². The molecule has 0 aliphatic heterocycles. The van der Waals surface area contributed by atoms with Crippen molar-refractivity contribution >= 4 is 23.2 Å². The van der Waals surface area contributed by atoms with Gasteiger partial charge in [0, 0.05) is 10.0 Å². The van der Waals surface area contributed by atoms with Crippen molar-refractivity contribution in [2.75, 3.05) is 0 Å². The van der Waals surface area contributed by atoms with Gasteiger partial charge in [-0.05, 0) is 23.6 Å². The Balaban J connectivity index is 2.32. The van der Waals surface area contributed by atoms with Gasteiger partial charge in [-0.2, -0.15) is 5.10 Å². The van der Waals surface area contributed by atoms with E-state index < -0.39 is 17.7 Å². The molecule has 0 amide bonds. The van der Waals surface area contributed by atoms with Crippen molar-refractivity contribution < 1.29 is 9.84 Å². The molecule has 0 aliphatic rings. The number of nitrogens with zero attached hydrogens (tertiary/aromatic N) is 3. The van der Waals surface area contributed by atoms with Crippen LogP contribution in [0.5, 0.6) is 5.75 Å². The Morgan fingerprint density at radius 3 is 2.29 bits per heavy atom. The first-order chi connectivity index (χ1) is 9.77. The van der Waals surface area contributed by atoms with Crippen molar-refractivity contribution in [3.63, 3.8) is 0 Å². The maximum Gasteiger partial charge on any atom is 0.219 e. The number of hydrogen-bond acceptors (Lipinski definition) is 4. The number of hydrogen-bond donors (Lipinski definition) is 1. The van der Waals surface area contributed by atoms with Crippen LogP contribution in [0.1, 0.15) is 27.0 Å². The van der Waals surface area contributed by atoms with Crippen LogP contribution >= 0.6 is 23.2 Å². The molecular formula is C14H17Cl2N3O2. The SMILES string of the molecule is CC(C)(C)C(O)C(Oc1cc(Cl)cc(Cl)c1)n1cncn1. The van der Waals surface area contributed by atoms with Crippen LogP contribution in [0.25, 0.3) is 0 Å². The lowest BCUT2D eigenvalue weighted by Gasteiger charge is -2.32. The molecule has 0 fully saturated rings. The Labute approximate surface area is 133 Å². The lowest BCUT2D eigenvalue weighted by molar-refractivity contribution is -0.0731. The third-order valence-corrected chi connectivity index (χ3v) is 3.38. The van der Waals surface area contributed by atoms with Crippen LogP contribution in [0.2, 0.25) is 10.0 Å². The minimum Gasteiger partial charge on any atom is -0.466 e. The fraction of sp³-hybridized carbons (Fsp3) is 0.429. The van der Waals surface area contributed by atoms with E-state index in [4.69, 9.17) is 27.9 Å². The van der Waals surface area contributed by atoms with E-state index in [0.717, 1.165) is 0 Å². The summed E-state index contributed by atoms with van der Waals surface area (Å²) < 4.78 is 7.31. The average molecular weight is 330 g/mol. The van der Waals surface area contributed by atoms with E-state index in [1.54, 1.807) is 18.2 Å². The fourth-order valence-electron chi connectivity index (χ4n) is 1.78. The molecule has 1 aromatic heterocycles. The van der Waals surface area contributed by atoms with Gasteiger partial charge in [0.2, 0.25) is 6.23 Å². The lowest BCUT2D eigenvalue weighted by Crippen LogP contribution is -2.38. The molecule has 0 bridgehead atoms. The van der Waals surface area contributed by atoms with Gasteiger partial charge in [0.1, 0.15) is 24.5 Å². The number of aliphatic hydroxyl groups excluding tert-OH is 1. The molecule has 2 aromatic rings. The van der Waals surface area contributed by atoms with Gasteiger partial charge in [0.25, 0.3) is 0 Å². The largest absolute Gasteiger partial charge is 0.466 e. The van der Waals surface area contributed by atoms with Crippen LogP contribution < -0.4 is 4.74 Å². The lowest BCUT2D eigenvalue weighted by atomic mass is 9.88. The van der Waals surface area contributed by atoms with E-state index in [2.05, 4.69) is 10.1 Å². The van der Waals surface area contributed by atoms with Gasteiger partial charge in [-0.3, -0.25) is 0 Å². The molecule has 114 valence electrons. The Morgan fingerprint density at radius 1 is 1.19 bits per heavy atom. The van der Waals surface area contributed by atoms with E-state index in [0.29, 0.717) is 15.8 Å². The number of ether oxygens (including phenoxy) is 1. The molecule has 1 aromatic carbocycles. The van der Waals surface area contributed by atoms with Gasteiger partial charge in [-0.1, -0.05) is 44.0 Å². The Morgan fingerprint density at radius 2 is 1.81 bits per heavy atom. The topological polar surface area (TPSA) is 60.2 Å². The minimum absolute atomic E-state index is 0.404. The fourth-order valence-corrected chi connectivity index (χ4v) is 2.28. The van der Waals surface area contributed by atoms with Crippen LogP contribution in [0, 0.1) is 5.41 Å². The second kappa shape index (κ2) is 6.22. The molecule has 2 rings (SSSR count). The molecule has 2 atom stereocenters. The standard InChI is InChI=1S/C14H17Cl2N3O2/c1-14(2,3)12(20)13(19-8-17-7-18-19)21-11-5-9(15)4-10(16)6-11/h4-8,12-13,20H,1-3H3. The van der Waals surface area contributed by atoms with Crippen LogP contribution in [-0.2, 0) is 0 Å². The predicted molar refractivity (Wildman–Crippen MR) is 81.6 cm³/mol. The van der Waals surface area contributed by atoms with Crippen molar-refractivity contribution in [1.29, 1.82) is 0 Å². The Bertz CT molecular complexity index is 577. The van der Waals surface area contributed by atoms with Crippen molar-refractivity contribution in [2.45, 2.75) is 33.1 Å². The smallest absolute Gasteiger partial charge is 0.219 e. The molecular weight excluding hydrogens is 313 g/mol. The second-order valence-corrected chi connectivity index (χ2v) is 6.67. The van der Waals surface area contributed by atoms with Crippen LogP contribution in [0.4, 0.5) is 0 Å². The summed E-state index contributed by atoms with van der Waals surface area (Å²) in [5, 5.41) is 15.5. The molecule has 0 radical (unpaired) electrons. The maximum atomic E-state index is 10.5. The zero-order valence-electron chi connectivity index (χ0n) is 12.0. The second-order valence-electron chi connectivity index (χ2n) is 5.80. The van der Waals surface area contributed by atoms with E-state index in [-0.39, 0.29) is 0 Å². The molecule has 0 spiro atoms. The summed E-state index contributed by atoms with van der Waals surface area (Å²) in [7, 11) is 0. The van der Waals surface area contributed by atoms with Gasteiger partial charge in [-0.15, -0.1) is 0 Å². The minimum atomic E-state index is -0.808. The van der Waals surface area contributed by atoms with Gasteiger partial charge >= 0.3 is 0 Å². The summed E-state index contributed by atoms with van der Waals surface area (Å²) in [6.07, 6.45) is 1.33.